The average Bonchev–Trinajstić information content (AvgIpc) is 3.11. The summed E-state index contributed by atoms with van der Waals surface area (Å²) in [4.78, 5) is 0. The minimum Gasteiger partial charge on any atom is -0.408 e. The van der Waals surface area contributed by atoms with Gasteiger partial charge < -0.3 is 8.39 Å². The summed E-state index contributed by atoms with van der Waals surface area (Å²) in [6.45, 7) is 4.91. The molecular formula is C33H26NO2P. The summed E-state index contributed by atoms with van der Waals surface area (Å²) in [6, 6.07) is 36.5. The van der Waals surface area contributed by atoms with Gasteiger partial charge in [0.2, 0.25) is 0 Å². The van der Waals surface area contributed by atoms with E-state index in [9.17, 15) is 0 Å². The normalized spacial score (nSPS) is 11.7. The Morgan fingerprint density at radius 2 is 1.05 bits per heavy atom. The van der Waals surface area contributed by atoms with Crippen LogP contribution in [-0.2, 0) is 6.54 Å². The first-order chi connectivity index (χ1) is 18.2. The van der Waals surface area contributed by atoms with Gasteiger partial charge in [0.15, 0.2) is 0 Å². The predicted octanol–water partition coefficient (Wildman–Crippen LogP) is 10.1. The molecule has 1 N–H and O–H groups in total. The minimum absolute atomic E-state index is 0.650. The van der Waals surface area contributed by atoms with Crippen molar-refractivity contribution in [2.45, 2.75) is 20.4 Å². The Hall–Kier alpha value is -4.04. The van der Waals surface area contributed by atoms with Crippen molar-refractivity contribution in [3.63, 3.8) is 0 Å². The third-order valence-corrected chi connectivity index (χ3v) is 8.36. The second-order valence-electron chi connectivity index (χ2n) is 9.65. The van der Waals surface area contributed by atoms with Crippen LogP contribution < -0.4 is 5.09 Å². The Morgan fingerprint density at radius 1 is 0.568 bits per heavy atom. The van der Waals surface area contributed by atoms with Gasteiger partial charge in [0, 0.05) is 17.3 Å². The van der Waals surface area contributed by atoms with Crippen molar-refractivity contribution in [1.82, 2.24) is 0 Å². The fraction of sp³-hybridized carbons (Fsp3) is 0.0909. The molecule has 4 heteroatoms. The number of hydrogen-bond acceptors (Lipinski definition) is 3. The summed E-state index contributed by atoms with van der Waals surface area (Å²) >= 11 is 0. The molecule has 37 heavy (non-hydrogen) atoms. The largest absolute Gasteiger partial charge is 0.408 e. The van der Waals surface area contributed by atoms with Gasteiger partial charge in [-0.05, 0) is 75.0 Å². The summed E-state index contributed by atoms with van der Waals surface area (Å²) in [5, 5.41) is 13.1. The zero-order valence-corrected chi connectivity index (χ0v) is 21.7. The predicted molar refractivity (Wildman–Crippen MR) is 158 cm³/mol. The molecule has 0 atom stereocenters. The summed E-state index contributed by atoms with van der Waals surface area (Å²) in [5.74, 6) is 0. The first-order valence-electron chi connectivity index (χ1n) is 12.6. The van der Waals surface area contributed by atoms with Gasteiger partial charge in [-0.1, -0.05) is 91.0 Å². The Balaban J connectivity index is 1.55. The highest BCUT2D eigenvalue weighted by atomic mass is 31.1. The van der Waals surface area contributed by atoms with Crippen LogP contribution in [0.25, 0.3) is 54.3 Å². The van der Waals surface area contributed by atoms with Gasteiger partial charge in [-0.2, -0.15) is 0 Å². The Bertz CT molecular complexity index is 1910. The first kappa shape index (κ1) is 22.2. The van der Waals surface area contributed by atoms with Crippen LogP contribution >= 0.6 is 8.16 Å². The second-order valence-corrected chi connectivity index (χ2v) is 10.8. The van der Waals surface area contributed by atoms with E-state index in [1.54, 1.807) is 0 Å². The number of fused-ring (bicyclic) bond motifs is 8. The summed E-state index contributed by atoms with van der Waals surface area (Å²) in [6.07, 6.45) is 0. The number of hydrogen-bond donors (Lipinski definition) is 1. The Kier molecular flexibility index (Phi) is 5.28. The molecule has 0 radical (unpaired) electrons. The smallest absolute Gasteiger partial charge is 0.307 e. The molecule has 6 aromatic carbocycles. The van der Waals surface area contributed by atoms with E-state index in [4.69, 9.17) is 8.39 Å². The quantitative estimate of drug-likeness (QED) is 0.263. The Labute approximate surface area is 215 Å². The molecule has 7 aromatic rings. The molecule has 0 spiro atoms. The van der Waals surface area contributed by atoms with E-state index in [-0.39, 0.29) is 0 Å². The van der Waals surface area contributed by atoms with E-state index in [1.807, 2.05) is 0 Å². The van der Waals surface area contributed by atoms with Crippen molar-refractivity contribution < 1.29 is 8.39 Å². The van der Waals surface area contributed by atoms with Gasteiger partial charge in [0.05, 0.1) is 0 Å². The second kappa shape index (κ2) is 8.81. The van der Waals surface area contributed by atoms with E-state index in [1.165, 1.54) is 37.9 Å². The maximum Gasteiger partial charge on any atom is 0.307 e. The number of nitrogens with one attached hydrogen (secondary N) is 1. The third kappa shape index (κ3) is 3.71. The number of benzene rings is 6. The maximum absolute atomic E-state index is 6.75. The molecule has 0 aliphatic heterocycles. The van der Waals surface area contributed by atoms with Crippen molar-refractivity contribution in [2.24, 2.45) is 0 Å². The lowest BCUT2D eigenvalue weighted by molar-refractivity contribution is 0.640. The van der Waals surface area contributed by atoms with Crippen LogP contribution in [-0.4, -0.2) is 0 Å². The van der Waals surface area contributed by atoms with Crippen molar-refractivity contribution in [1.29, 1.82) is 0 Å². The molecular weight excluding hydrogens is 473 g/mol. The molecule has 1 heterocycles. The fourth-order valence-electron chi connectivity index (χ4n) is 5.51. The van der Waals surface area contributed by atoms with Crippen LogP contribution in [0.1, 0.15) is 16.7 Å². The van der Waals surface area contributed by atoms with E-state index in [2.05, 4.69) is 122 Å². The molecule has 180 valence electrons. The lowest BCUT2D eigenvalue weighted by atomic mass is 9.95. The SMILES string of the molecule is Cc1cc2ccccc2c2c1op(NCc1cccc3ccccc13)oc1c(C)cc3ccccc3c12. The molecule has 7 rings (SSSR count). The van der Waals surface area contributed by atoms with E-state index >= 15 is 0 Å². The lowest BCUT2D eigenvalue weighted by Crippen LogP contribution is -1.96. The van der Waals surface area contributed by atoms with E-state index in [0.717, 1.165) is 33.1 Å². The zero-order chi connectivity index (χ0) is 24.9. The van der Waals surface area contributed by atoms with Crippen molar-refractivity contribution in [3.8, 4) is 0 Å². The highest BCUT2D eigenvalue weighted by molar-refractivity contribution is 7.38. The molecule has 0 fully saturated rings. The van der Waals surface area contributed by atoms with Gasteiger partial charge >= 0.3 is 8.16 Å². The van der Waals surface area contributed by atoms with E-state index in [0.29, 0.717) is 6.54 Å². The van der Waals surface area contributed by atoms with Gasteiger partial charge in [-0.3, -0.25) is 0 Å². The van der Waals surface area contributed by atoms with Gasteiger partial charge in [-0.25, -0.2) is 5.09 Å². The van der Waals surface area contributed by atoms with Gasteiger partial charge in [0.25, 0.3) is 0 Å². The fourth-order valence-corrected chi connectivity index (χ4v) is 6.78. The van der Waals surface area contributed by atoms with Crippen LogP contribution in [0.15, 0.2) is 112 Å². The standard InChI is InChI=1S/C33H26NO2P/c1-21-18-24-11-4-7-16-28(24)30-31-29-17-8-5-12-25(29)19-22(2)33(31)36-37(35-32(21)30)34-20-26-14-9-13-23-10-3-6-15-27(23)26/h3-19,34H,20H2,1-2H3. The third-order valence-electron chi connectivity index (χ3n) is 7.25. The summed E-state index contributed by atoms with van der Waals surface area (Å²) < 4.78 is 13.5. The average molecular weight is 500 g/mol. The van der Waals surface area contributed by atoms with Crippen molar-refractivity contribution in [2.75, 3.05) is 5.09 Å². The Morgan fingerprint density at radius 3 is 1.65 bits per heavy atom. The van der Waals surface area contributed by atoms with E-state index < -0.39 is 8.16 Å². The van der Waals surface area contributed by atoms with Crippen LogP contribution in [0.3, 0.4) is 0 Å². The van der Waals surface area contributed by atoms with Crippen molar-refractivity contribution >= 4 is 62.4 Å². The number of rotatable bonds is 3. The molecule has 0 unspecified atom stereocenters. The van der Waals surface area contributed by atoms with Crippen LogP contribution in [0.2, 0.25) is 0 Å². The van der Waals surface area contributed by atoms with Gasteiger partial charge in [-0.15, -0.1) is 0 Å². The summed E-state index contributed by atoms with van der Waals surface area (Å²) in [7, 11) is -1.44. The molecule has 0 bridgehead atoms. The lowest BCUT2D eigenvalue weighted by Gasteiger charge is -2.08. The highest BCUT2D eigenvalue weighted by Crippen LogP contribution is 2.42. The van der Waals surface area contributed by atoms with Crippen LogP contribution in [0, 0.1) is 13.8 Å². The molecule has 0 aliphatic rings. The minimum atomic E-state index is -1.44. The molecule has 0 saturated heterocycles. The monoisotopic (exact) mass is 499 g/mol. The highest BCUT2D eigenvalue weighted by Gasteiger charge is 2.16. The molecule has 3 nitrogen and oxygen atoms in total. The van der Waals surface area contributed by atoms with Crippen LogP contribution in [0.4, 0.5) is 0 Å². The maximum atomic E-state index is 6.75. The zero-order valence-electron chi connectivity index (χ0n) is 20.8. The molecule has 0 aliphatic carbocycles. The van der Waals surface area contributed by atoms with Crippen molar-refractivity contribution in [3.05, 3.63) is 120 Å². The molecule has 0 saturated carbocycles. The first-order valence-corrected chi connectivity index (χ1v) is 13.8. The summed E-state index contributed by atoms with van der Waals surface area (Å²) in [5.41, 5.74) is 5.22. The van der Waals surface area contributed by atoms with Gasteiger partial charge in [0.1, 0.15) is 11.2 Å². The molecule has 0 amide bonds. The topological polar surface area (TPSA) is 38.3 Å². The number of aryl methyl sites for hydroxylation is 2. The molecule has 1 aromatic heterocycles. The van der Waals surface area contributed by atoms with Crippen LogP contribution in [0.5, 0.6) is 0 Å².